The lowest BCUT2D eigenvalue weighted by atomic mass is 9.81. The lowest BCUT2D eigenvalue weighted by Crippen LogP contribution is -1.95. The molecule has 9 rings (SSSR count). The van der Waals surface area contributed by atoms with E-state index in [-0.39, 0.29) is 0 Å². The van der Waals surface area contributed by atoms with Gasteiger partial charge in [-0.2, -0.15) is 0 Å². The molecular weight excluding hydrogens is 553 g/mol. The first-order valence-corrected chi connectivity index (χ1v) is 15.9. The van der Waals surface area contributed by atoms with Crippen LogP contribution in [-0.4, -0.2) is 0 Å². The van der Waals surface area contributed by atoms with Crippen molar-refractivity contribution in [2.24, 2.45) is 0 Å². The van der Waals surface area contributed by atoms with E-state index in [4.69, 9.17) is 0 Å². The number of hydrogen-bond acceptors (Lipinski definition) is 0. The second-order valence-electron chi connectivity index (χ2n) is 12.1. The smallest absolute Gasteiger partial charge is 0.00197 e. The summed E-state index contributed by atoms with van der Waals surface area (Å²) >= 11 is 0. The summed E-state index contributed by atoms with van der Waals surface area (Å²) in [6.07, 6.45) is 0. The molecule has 0 heteroatoms. The molecule has 0 amide bonds. The average Bonchev–Trinajstić information content (AvgIpc) is 3.13. The first kappa shape index (κ1) is 26.4. The first-order valence-electron chi connectivity index (χ1n) is 15.9. The molecule has 214 valence electrons. The molecule has 0 unspecified atom stereocenters. The Bertz CT molecular complexity index is 2280. The number of rotatable bonds is 4. The Morgan fingerprint density at radius 2 is 0.478 bits per heavy atom. The maximum atomic E-state index is 2.42. The van der Waals surface area contributed by atoms with Gasteiger partial charge in [0.25, 0.3) is 0 Å². The molecule has 0 saturated heterocycles. The first-order chi connectivity index (χ1) is 22.8. The van der Waals surface area contributed by atoms with Gasteiger partial charge in [0, 0.05) is 0 Å². The van der Waals surface area contributed by atoms with E-state index in [9.17, 15) is 0 Å². The number of hydrogen-bond donors (Lipinski definition) is 0. The van der Waals surface area contributed by atoms with Gasteiger partial charge in [0.15, 0.2) is 0 Å². The van der Waals surface area contributed by atoms with E-state index in [1.807, 2.05) is 0 Å². The molecule has 0 N–H and O–H groups in total. The van der Waals surface area contributed by atoms with Crippen molar-refractivity contribution in [1.82, 2.24) is 0 Å². The molecule has 0 radical (unpaired) electrons. The highest BCUT2D eigenvalue weighted by Crippen LogP contribution is 2.49. The molecule has 0 nitrogen and oxygen atoms in total. The normalized spacial score (nSPS) is 11.5. The summed E-state index contributed by atoms with van der Waals surface area (Å²) in [5.74, 6) is 0. The third-order valence-electron chi connectivity index (χ3n) is 9.41. The summed E-state index contributed by atoms with van der Waals surface area (Å²) in [5.41, 5.74) is 9.98. The quantitative estimate of drug-likeness (QED) is 0.181. The zero-order valence-corrected chi connectivity index (χ0v) is 25.3. The molecule has 0 bridgehead atoms. The predicted octanol–water partition coefficient (Wildman–Crippen LogP) is 13.0. The van der Waals surface area contributed by atoms with E-state index in [0.29, 0.717) is 0 Å². The Hall–Kier alpha value is -5.98. The van der Waals surface area contributed by atoms with E-state index in [2.05, 4.69) is 182 Å². The van der Waals surface area contributed by atoms with Gasteiger partial charge >= 0.3 is 0 Å². The maximum absolute atomic E-state index is 2.42. The fourth-order valence-electron chi connectivity index (χ4n) is 7.32. The zero-order valence-electron chi connectivity index (χ0n) is 25.3. The van der Waals surface area contributed by atoms with Gasteiger partial charge in [-0.15, -0.1) is 0 Å². The summed E-state index contributed by atoms with van der Waals surface area (Å²) in [6.45, 7) is 0. The zero-order chi connectivity index (χ0) is 30.5. The van der Waals surface area contributed by atoms with Crippen molar-refractivity contribution in [3.8, 4) is 44.5 Å². The van der Waals surface area contributed by atoms with E-state index in [0.717, 1.165) is 0 Å². The topological polar surface area (TPSA) is 0 Å². The van der Waals surface area contributed by atoms with Crippen LogP contribution in [0.5, 0.6) is 0 Å². The SMILES string of the molecule is c1ccc(-c2ccccc2-c2c3cc4ccccc4cc3c(-c3ccccc3-c3ccccc3)c3cc4ccccc4cc23)cc1. The lowest BCUT2D eigenvalue weighted by Gasteiger charge is -2.22. The van der Waals surface area contributed by atoms with Gasteiger partial charge in [0.2, 0.25) is 0 Å². The minimum atomic E-state index is 1.22. The van der Waals surface area contributed by atoms with Crippen molar-refractivity contribution in [1.29, 1.82) is 0 Å². The monoisotopic (exact) mass is 582 g/mol. The van der Waals surface area contributed by atoms with E-state index in [1.165, 1.54) is 87.6 Å². The van der Waals surface area contributed by atoms with Crippen LogP contribution < -0.4 is 0 Å². The molecule has 0 aliphatic heterocycles. The van der Waals surface area contributed by atoms with E-state index in [1.54, 1.807) is 0 Å². The molecule has 0 aliphatic carbocycles. The van der Waals surface area contributed by atoms with Crippen LogP contribution in [0.2, 0.25) is 0 Å². The summed E-state index contributed by atoms with van der Waals surface area (Å²) < 4.78 is 0. The van der Waals surface area contributed by atoms with E-state index < -0.39 is 0 Å². The molecule has 0 atom stereocenters. The van der Waals surface area contributed by atoms with Gasteiger partial charge in [0.1, 0.15) is 0 Å². The number of benzene rings is 9. The lowest BCUT2D eigenvalue weighted by molar-refractivity contribution is 1.60. The molecule has 0 aliphatic rings. The van der Waals surface area contributed by atoms with Gasteiger partial charge in [-0.3, -0.25) is 0 Å². The highest BCUT2D eigenvalue weighted by atomic mass is 14.2. The fraction of sp³-hybridized carbons (Fsp3) is 0. The second kappa shape index (κ2) is 10.9. The van der Waals surface area contributed by atoms with Gasteiger partial charge in [-0.25, -0.2) is 0 Å². The molecule has 0 saturated carbocycles. The van der Waals surface area contributed by atoms with Crippen LogP contribution in [0.4, 0.5) is 0 Å². The summed E-state index contributed by atoms with van der Waals surface area (Å²) in [6, 6.07) is 66.6. The molecular formula is C46H30. The standard InChI is InChI=1S/C46H30/c1-3-15-31(16-4-1)37-23-11-13-25-39(37)45-41-27-33-19-7-9-21-35(33)29-43(41)46(44-30-36-22-10-8-20-34(36)28-42(44)45)40-26-14-12-24-38(40)32-17-5-2-6-18-32/h1-30H. The Morgan fingerprint density at radius 1 is 0.217 bits per heavy atom. The predicted molar refractivity (Wildman–Crippen MR) is 198 cm³/mol. The second-order valence-corrected chi connectivity index (χ2v) is 12.1. The Balaban J connectivity index is 1.52. The highest BCUT2D eigenvalue weighted by molar-refractivity contribution is 6.27. The molecule has 9 aromatic carbocycles. The number of fused-ring (bicyclic) bond motifs is 4. The van der Waals surface area contributed by atoms with Crippen LogP contribution in [0.15, 0.2) is 182 Å². The third-order valence-corrected chi connectivity index (χ3v) is 9.41. The van der Waals surface area contributed by atoms with Crippen molar-refractivity contribution in [2.75, 3.05) is 0 Å². The largest absolute Gasteiger partial charge is 0.0622 e. The van der Waals surface area contributed by atoms with Crippen LogP contribution in [0, 0.1) is 0 Å². The molecule has 0 fully saturated rings. The van der Waals surface area contributed by atoms with Crippen LogP contribution in [-0.2, 0) is 0 Å². The Labute approximate surface area is 268 Å². The molecule has 46 heavy (non-hydrogen) atoms. The summed E-state index contributed by atoms with van der Waals surface area (Å²) in [5, 5.41) is 10.1. The van der Waals surface area contributed by atoms with E-state index >= 15 is 0 Å². The minimum Gasteiger partial charge on any atom is -0.0622 e. The van der Waals surface area contributed by atoms with Gasteiger partial charge in [-0.05, 0) is 112 Å². The van der Waals surface area contributed by atoms with Gasteiger partial charge in [0.05, 0.1) is 0 Å². The van der Waals surface area contributed by atoms with Crippen LogP contribution in [0.1, 0.15) is 0 Å². The summed E-state index contributed by atoms with van der Waals surface area (Å²) in [4.78, 5) is 0. The van der Waals surface area contributed by atoms with Crippen LogP contribution in [0.3, 0.4) is 0 Å². The van der Waals surface area contributed by atoms with Crippen molar-refractivity contribution in [2.45, 2.75) is 0 Å². The molecule has 0 heterocycles. The van der Waals surface area contributed by atoms with Crippen molar-refractivity contribution < 1.29 is 0 Å². The summed E-state index contributed by atoms with van der Waals surface area (Å²) in [7, 11) is 0. The maximum Gasteiger partial charge on any atom is -0.00197 e. The van der Waals surface area contributed by atoms with Crippen molar-refractivity contribution in [3.05, 3.63) is 182 Å². The average molecular weight is 583 g/mol. The molecule has 0 spiro atoms. The Morgan fingerprint density at radius 3 is 0.804 bits per heavy atom. The Kier molecular flexibility index (Phi) is 6.25. The molecule has 9 aromatic rings. The fourth-order valence-corrected chi connectivity index (χ4v) is 7.32. The van der Waals surface area contributed by atoms with Gasteiger partial charge < -0.3 is 0 Å². The van der Waals surface area contributed by atoms with Crippen LogP contribution >= 0.6 is 0 Å². The van der Waals surface area contributed by atoms with Crippen molar-refractivity contribution >= 4 is 43.1 Å². The van der Waals surface area contributed by atoms with Crippen molar-refractivity contribution in [3.63, 3.8) is 0 Å². The molecule has 0 aromatic heterocycles. The minimum absolute atomic E-state index is 1.22. The highest BCUT2D eigenvalue weighted by Gasteiger charge is 2.22. The third kappa shape index (κ3) is 4.30. The van der Waals surface area contributed by atoms with Gasteiger partial charge in [-0.1, -0.05) is 158 Å². The van der Waals surface area contributed by atoms with Crippen LogP contribution in [0.25, 0.3) is 87.6 Å².